The quantitative estimate of drug-likeness (QED) is 0.487. The van der Waals surface area contributed by atoms with Gasteiger partial charge in [0.25, 0.3) is 5.91 Å². The molecule has 0 fully saturated rings. The van der Waals surface area contributed by atoms with Crippen molar-refractivity contribution in [1.82, 2.24) is 15.6 Å². The van der Waals surface area contributed by atoms with Gasteiger partial charge in [0.2, 0.25) is 0 Å². The first-order valence-electron chi connectivity index (χ1n) is 10.2. The lowest BCUT2D eigenvalue weighted by Gasteiger charge is -2.17. The van der Waals surface area contributed by atoms with Crippen LogP contribution in [0.15, 0.2) is 53.1 Å². The number of aromatic nitrogens is 1. The third-order valence-electron chi connectivity index (χ3n) is 5.48. The van der Waals surface area contributed by atoms with E-state index in [0.29, 0.717) is 18.5 Å². The Labute approximate surface area is 188 Å². The lowest BCUT2D eigenvalue weighted by atomic mass is 10.1. The number of H-pyrrole nitrogens is 1. The van der Waals surface area contributed by atoms with Gasteiger partial charge >= 0.3 is 11.8 Å². The van der Waals surface area contributed by atoms with Crippen molar-refractivity contribution in [3.05, 3.63) is 64.3 Å². The molecule has 2 aromatic carbocycles. The predicted octanol–water partition coefficient (Wildman–Crippen LogP) is 3.20. The number of hydrogen-bond acceptors (Lipinski definition) is 3. The van der Waals surface area contributed by atoms with Crippen LogP contribution in [0.25, 0.3) is 10.9 Å². The topological polar surface area (TPSA) is 94.3 Å². The van der Waals surface area contributed by atoms with E-state index in [-0.39, 0.29) is 11.9 Å². The lowest BCUT2D eigenvalue weighted by molar-refractivity contribution is -0.140. The number of carbonyl (C=O) groups is 3. The van der Waals surface area contributed by atoms with Crippen molar-refractivity contribution in [3.8, 4) is 0 Å². The van der Waals surface area contributed by atoms with E-state index in [2.05, 4.69) is 31.5 Å². The molecule has 7 nitrogen and oxygen atoms in total. The Morgan fingerprint density at radius 2 is 1.97 bits per heavy atom. The van der Waals surface area contributed by atoms with Crippen LogP contribution in [-0.4, -0.2) is 35.3 Å². The van der Waals surface area contributed by atoms with Crippen LogP contribution in [0.1, 0.15) is 31.0 Å². The Bertz CT molecular complexity index is 1170. The molecule has 2 heterocycles. The van der Waals surface area contributed by atoms with Crippen molar-refractivity contribution >= 4 is 50.2 Å². The lowest BCUT2D eigenvalue weighted by Crippen LogP contribution is -2.47. The number of benzene rings is 2. The van der Waals surface area contributed by atoms with E-state index >= 15 is 0 Å². The van der Waals surface area contributed by atoms with Crippen molar-refractivity contribution < 1.29 is 14.4 Å². The largest absolute Gasteiger partial charge is 0.361 e. The van der Waals surface area contributed by atoms with Gasteiger partial charge in [-0.1, -0.05) is 34.1 Å². The second-order valence-corrected chi connectivity index (χ2v) is 8.55. The van der Waals surface area contributed by atoms with Crippen LogP contribution >= 0.6 is 15.9 Å². The van der Waals surface area contributed by atoms with Crippen LogP contribution in [0.5, 0.6) is 0 Å². The SMILES string of the molecule is CCN1C(=O)C(NC(=O)C(=O)NC(C)Cc2c[nH]c3ccccc23)c2cc(Br)ccc21. The van der Waals surface area contributed by atoms with Crippen molar-refractivity contribution in [2.45, 2.75) is 32.4 Å². The summed E-state index contributed by atoms with van der Waals surface area (Å²) >= 11 is 3.40. The smallest absolute Gasteiger partial charge is 0.310 e. The third kappa shape index (κ3) is 4.07. The molecule has 1 aliphatic heterocycles. The Morgan fingerprint density at radius 3 is 2.74 bits per heavy atom. The van der Waals surface area contributed by atoms with Crippen LogP contribution in [0.2, 0.25) is 0 Å². The number of nitrogens with one attached hydrogen (secondary N) is 3. The Hall–Kier alpha value is -3.13. The summed E-state index contributed by atoms with van der Waals surface area (Å²) in [6.45, 7) is 4.19. The monoisotopic (exact) mass is 482 g/mol. The zero-order chi connectivity index (χ0) is 22.1. The maximum absolute atomic E-state index is 12.8. The molecule has 2 unspecified atom stereocenters. The second kappa shape index (κ2) is 8.55. The maximum atomic E-state index is 12.8. The summed E-state index contributed by atoms with van der Waals surface area (Å²) in [7, 11) is 0. The zero-order valence-electron chi connectivity index (χ0n) is 17.2. The number of para-hydroxylation sites is 1. The summed E-state index contributed by atoms with van der Waals surface area (Å²) in [5, 5.41) is 6.42. The fourth-order valence-electron chi connectivity index (χ4n) is 4.04. The second-order valence-electron chi connectivity index (χ2n) is 7.63. The van der Waals surface area contributed by atoms with Gasteiger partial charge in [-0.05, 0) is 50.1 Å². The van der Waals surface area contributed by atoms with Crippen molar-refractivity contribution in [2.75, 3.05) is 11.4 Å². The van der Waals surface area contributed by atoms with Crippen molar-refractivity contribution in [3.63, 3.8) is 0 Å². The van der Waals surface area contributed by atoms with Gasteiger partial charge in [-0.2, -0.15) is 0 Å². The van der Waals surface area contributed by atoms with Crippen LogP contribution in [0, 0.1) is 0 Å². The van der Waals surface area contributed by atoms with Crippen LogP contribution in [0.4, 0.5) is 5.69 Å². The van der Waals surface area contributed by atoms with E-state index in [1.165, 1.54) is 0 Å². The first kappa shape index (κ1) is 21.1. The van der Waals surface area contributed by atoms with E-state index < -0.39 is 17.9 Å². The van der Waals surface area contributed by atoms with E-state index in [4.69, 9.17) is 0 Å². The van der Waals surface area contributed by atoms with Gasteiger partial charge in [-0.25, -0.2) is 0 Å². The van der Waals surface area contributed by atoms with E-state index in [1.54, 1.807) is 11.0 Å². The highest BCUT2D eigenvalue weighted by atomic mass is 79.9. The molecule has 0 spiro atoms. The predicted molar refractivity (Wildman–Crippen MR) is 123 cm³/mol. The zero-order valence-corrected chi connectivity index (χ0v) is 18.8. The molecule has 4 rings (SSSR count). The number of fused-ring (bicyclic) bond motifs is 2. The highest BCUT2D eigenvalue weighted by Crippen LogP contribution is 2.37. The molecule has 1 aromatic heterocycles. The Balaban J connectivity index is 1.42. The molecule has 3 amide bonds. The number of likely N-dealkylation sites (N-methyl/N-ethyl adjacent to an activating group) is 1. The number of carbonyl (C=O) groups excluding carboxylic acids is 3. The molecule has 1 aliphatic rings. The van der Waals surface area contributed by atoms with Gasteiger partial charge in [0.1, 0.15) is 6.04 Å². The number of anilines is 1. The highest BCUT2D eigenvalue weighted by molar-refractivity contribution is 9.10. The number of amides is 3. The number of hydrogen-bond donors (Lipinski definition) is 3. The first-order chi connectivity index (χ1) is 14.9. The van der Waals surface area contributed by atoms with Crippen molar-refractivity contribution in [2.24, 2.45) is 0 Å². The van der Waals surface area contributed by atoms with E-state index in [9.17, 15) is 14.4 Å². The summed E-state index contributed by atoms with van der Waals surface area (Å²) in [5.74, 6) is -1.83. The minimum atomic E-state index is -0.880. The standard InChI is InChI=1S/C23H23BrN4O3/c1-3-28-19-9-8-15(24)11-17(19)20(23(28)31)27-22(30)21(29)26-13(2)10-14-12-25-18-7-5-4-6-16(14)18/h4-9,11-13,20,25H,3,10H2,1-2H3,(H,26,29)(H,27,30). The highest BCUT2D eigenvalue weighted by Gasteiger charge is 2.38. The van der Waals surface area contributed by atoms with Gasteiger partial charge in [0.15, 0.2) is 0 Å². The maximum Gasteiger partial charge on any atom is 0.310 e. The Morgan fingerprint density at radius 1 is 1.19 bits per heavy atom. The fourth-order valence-corrected chi connectivity index (χ4v) is 4.42. The molecule has 0 saturated carbocycles. The summed E-state index contributed by atoms with van der Waals surface area (Å²) in [5.41, 5.74) is 3.51. The van der Waals surface area contributed by atoms with Crippen molar-refractivity contribution in [1.29, 1.82) is 0 Å². The molecule has 0 aliphatic carbocycles. The van der Waals surface area contributed by atoms with E-state index in [1.807, 2.05) is 56.4 Å². The molecule has 3 aromatic rings. The van der Waals surface area contributed by atoms with Crippen LogP contribution < -0.4 is 15.5 Å². The Kier molecular flexibility index (Phi) is 5.82. The summed E-state index contributed by atoms with van der Waals surface area (Å²) < 4.78 is 0.799. The minimum Gasteiger partial charge on any atom is -0.361 e. The molecule has 8 heteroatoms. The average molecular weight is 483 g/mol. The first-order valence-corrected chi connectivity index (χ1v) is 11.0. The molecule has 0 saturated heterocycles. The molecule has 160 valence electrons. The summed E-state index contributed by atoms with van der Waals surface area (Å²) in [6, 6.07) is 12.3. The van der Waals surface area contributed by atoms with Gasteiger partial charge in [0.05, 0.1) is 0 Å². The molecular formula is C23H23BrN4O3. The molecule has 31 heavy (non-hydrogen) atoms. The van der Waals surface area contributed by atoms with Crippen LogP contribution in [-0.2, 0) is 20.8 Å². The normalized spacial score (nSPS) is 16.3. The minimum absolute atomic E-state index is 0.247. The average Bonchev–Trinajstić information content (AvgIpc) is 3.26. The molecule has 0 bridgehead atoms. The van der Waals surface area contributed by atoms with Gasteiger partial charge < -0.3 is 20.5 Å². The number of halogens is 1. The number of rotatable bonds is 5. The summed E-state index contributed by atoms with van der Waals surface area (Å²) in [6.07, 6.45) is 2.49. The molecule has 2 atom stereocenters. The van der Waals surface area contributed by atoms with Gasteiger partial charge in [-0.15, -0.1) is 0 Å². The van der Waals surface area contributed by atoms with Gasteiger partial charge in [-0.3, -0.25) is 14.4 Å². The third-order valence-corrected chi connectivity index (χ3v) is 5.97. The molecule has 0 radical (unpaired) electrons. The fraction of sp³-hybridized carbons (Fsp3) is 0.261. The molecular weight excluding hydrogens is 460 g/mol. The van der Waals surface area contributed by atoms with E-state index in [0.717, 1.165) is 26.6 Å². The summed E-state index contributed by atoms with van der Waals surface area (Å²) in [4.78, 5) is 42.7. The number of nitrogens with zero attached hydrogens (tertiary/aromatic N) is 1. The molecule has 3 N–H and O–H groups in total. The van der Waals surface area contributed by atoms with Crippen LogP contribution in [0.3, 0.4) is 0 Å². The number of aromatic amines is 1. The van der Waals surface area contributed by atoms with Gasteiger partial charge in [0, 0.05) is 45.4 Å².